The van der Waals surface area contributed by atoms with Gasteiger partial charge in [0.2, 0.25) is 0 Å². The molecule has 0 aliphatic heterocycles. The van der Waals surface area contributed by atoms with Crippen LogP contribution in [0.4, 0.5) is 0 Å². The molecule has 2 rings (SSSR count). The molecule has 1 aromatic heterocycles. The van der Waals surface area contributed by atoms with Crippen molar-refractivity contribution in [1.29, 1.82) is 0 Å². The minimum atomic E-state index is -0.419. The van der Waals surface area contributed by atoms with E-state index in [0.29, 0.717) is 11.3 Å². The van der Waals surface area contributed by atoms with Gasteiger partial charge in [-0.05, 0) is 24.6 Å². The second kappa shape index (κ2) is 6.38. The lowest BCUT2D eigenvalue weighted by Crippen LogP contribution is -2.40. The molecule has 0 radical (unpaired) electrons. The van der Waals surface area contributed by atoms with Crippen LogP contribution < -0.4 is 10.9 Å². The van der Waals surface area contributed by atoms with Gasteiger partial charge in [-0.15, -0.1) is 0 Å². The molecule has 0 unspecified atom stereocenters. The zero-order chi connectivity index (χ0) is 14.4. The van der Waals surface area contributed by atoms with Gasteiger partial charge in [0.05, 0.1) is 11.8 Å². The number of hydrogen-bond acceptors (Lipinski definition) is 3. The van der Waals surface area contributed by atoms with Crippen LogP contribution in [0.2, 0.25) is 0 Å². The van der Waals surface area contributed by atoms with Crippen LogP contribution >= 0.6 is 0 Å². The highest BCUT2D eigenvalue weighted by Gasteiger charge is 2.11. The van der Waals surface area contributed by atoms with Crippen molar-refractivity contribution in [2.45, 2.75) is 6.92 Å². The molecule has 5 nitrogen and oxygen atoms in total. The van der Waals surface area contributed by atoms with Crippen molar-refractivity contribution in [1.82, 2.24) is 10.9 Å². The first kappa shape index (κ1) is 13.6. The second-order valence-electron chi connectivity index (χ2n) is 4.08. The van der Waals surface area contributed by atoms with E-state index in [2.05, 4.69) is 10.9 Å². The molecule has 0 aliphatic rings. The Morgan fingerprint density at radius 2 is 1.85 bits per heavy atom. The van der Waals surface area contributed by atoms with Gasteiger partial charge in [0, 0.05) is 6.08 Å². The zero-order valence-corrected chi connectivity index (χ0v) is 10.9. The number of hydrogen-bond donors (Lipinski definition) is 2. The molecule has 0 aliphatic carbocycles. The fourth-order valence-electron chi connectivity index (χ4n) is 1.58. The molecule has 2 N–H and O–H groups in total. The van der Waals surface area contributed by atoms with Gasteiger partial charge in [-0.25, -0.2) is 0 Å². The number of amides is 2. The van der Waals surface area contributed by atoms with E-state index < -0.39 is 11.8 Å². The molecule has 102 valence electrons. The molecule has 0 spiro atoms. The third kappa shape index (κ3) is 3.58. The maximum absolute atomic E-state index is 11.7. The van der Waals surface area contributed by atoms with Crippen LogP contribution in [0, 0.1) is 6.92 Å². The highest BCUT2D eigenvalue weighted by atomic mass is 16.3. The molecule has 5 heteroatoms. The Hall–Kier alpha value is -2.82. The summed E-state index contributed by atoms with van der Waals surface area (Å²) in [6.07, 6.45) is 4.42. The monoisotopic (exact) mass is 270 g/mol. The van der Waals surface area contributed by atoms with Gasteiger partial charge in [-0.3, -0.25) is 20.4 Å². The van der Waals surface area contributed by atoms with E-state index in [0.717, 1.165) is 5.56 Å². The Labute approximate surface area is 116 Å². The van der Waals surface area contributed by atoms with E-state index in [1.807, 2.05) is 30.3 Å². The van der Waals surface area contributed by atoms with E-state index in [-0.39, 0.29) is 0 Å². The minimum Gasteiger partial charge on any atom is -0.469 e. The van der Waals surface area contributed by atoms with Gasteiger partial charge in [-0.1, -0.05) is 30.3 Å². The van der Waals surface area contributed by atoms with Gasteiger partial charge in [-0.2, -0.15) is 0 Å². The molecular formula is C15H14N2O3. The summed E-state index contributed by atoms with van der Waals surface area (Å²) in [6, 6.07) is 10.9. The maximum atomic E-state index is 11.7. The van der Waals surface area contributed by atoms with Crippen LogP contribution in [-0.4, -0.2) is 11.8 Å². The summed E-state index contributed by atoms with van der Waals surface area (Å²) < 4.78 is 5.01. The second-order valence-corrected chi connectivity index (χ2v) is 4.08. The van der Waals surface area contributed by atoms with Crippen molar-refractivity contribution in [3.8, 4) is 0 Å². The first-order valence-electron chi connectivity index (χ1n) is 6.04. The first-order valence-corrected chi connectivity index (χ1v) is 6.04. The van der Waals surface area contributed by atoms with Crippen LogP contribution in [-0.2, 0) is 4.79 Å². The lowest BCUT2D eigenvalue weighted by Gasteiger charge is -2.03. The predicted molar refractivity (Wildman–Crippen MR) is 74.5 cm³/mol. The van der Waals surface area contributed by atoms with Gasteiger partial charge < -0.3 is 4.42 Å². The van der Waals surface area contributed by atoms with Crippen molar-refractivity contribution in [2.75, 3.05) is 0 Å². The van der Waals surface area contributed by atoms with Gasteiger partial charge in [0.15, 0.2) is 0 Å². The number of rotatable bonds is 3. The SMILES string of the molecule is Cc1occc1C(=O)NNC(=O)/C=C/c1ccccc1. The Morgan fingerprint density at radius 1 is 1.10 bits per heavy atom. The van der Waals surface area contributed by atoms with Crippen molar-refractivity contribution >= 4 is 17.9 Å². The smallest absolute Gasteiger partial charge is 0.273 e. The highest BCUT2D eigenvalue weighted by Crippen LogP contribution is 2.07. The van der Waals surface area contributed by atoms with Crippen molar-refractivity contribution < 1.29 is 14.0 Å². The topological polar surface area (TPSA) is 71.3 Å². The average molecular weight is 270 g/mol. The molecule has 1 heterocycles. The lowest BCUT2D eigenvalue weighted by molar-refractivity contribution is -0.117. The molecule has 0 bridgehead atoms. The van der Waals surface area contributed by atoms with Crippen LogP contribution in [0.15, 0.2) is 53.2 Å². The van der Waals surface area contributed by atoms with Gasteiger partial charge >= 0.3 is 0 Å². The largest absolute Gasteiger partial charge is 0.469 e. The lowest BCUT2D eigenvalue weighted by atomic mass is 10.2. The maximum Gasteiger partial charge on any atom is 0.273 e. The number of carbonyl (C=O) groups is 2. The summed E-state index contributed by atoms with van der Waals surface area (Å²) in [6.45, 7) is 1.67. The van der Waals surface area contributed by atoms with Crippen molar-refractivity contribution in [3.63, 3.8) is 0 Å². The fraction of sp³-hybridized carbons (Fsp3) is 0.0667. The van der Waals surface area contributed by atoms with Crippen LogP contribution in [0.25, 0.3) is 6.08 Å². The number of benzene rings is 1. The van der Waals surface area contributed by atoms with Crippen LogP contribution in [0.3, 0.4) is 0 Å². The Balaban J connectivity index is 1.85. The normalized spacial score (nSPS) is 10.4. The predicted octanol–water partition coefficient (Wildman–Crippen LogP) is 2.06. The molecule has 0 saturated carbocycles. The summed E-state index contributed by atoms with van der Waals surface area (Å²) in [7, 11) is 0. The minimum absolute atomic E-state index is 0.386. The summed E-state index contributed by atoms with van der Waals surface area (Å²) in [5, 5.41) is 0. The first-order chi connectivity index (χ1) is 9.66. The molecular weight excluding hydrogens is 256 g/mol. The Kier molecular flexibility index (Phi) is 4.34. The van der Waals surface area contributed by atoms with Crippen molar-refractivity contribution in [3.05, 3.63) is 65.6 Å². The van der Waals surface area contributed by atoms with E-state index in [4.69, 9.17) is 4.42 Å². The third-order valence-corrected chi connectivity index (χ3v) is 2.63. The summed E-state index contributed by atoms with van der Waals surface area (Å²) >= 11 is 0. The number of furan rings is 1. The van der Waals surface area contributed by atoms with Crippen molar-refractivity contribution in [2.24, 2.45) is 0 Å². The Morgan fingerprint density at radius 3 is 2.50 bits per heavy atom. The van der Waals surface area contributed by atoms with Crippen LogP contribution in [0.5, 0.6) is 0 Å². The molecule has 20 heavy (non-hydrogen) atoms. The number of hydrazine groups is 1. The molecule has 2 aromatic rings. The molecule has 0 saturated heterocycles. The quantitative estimate of drug-likeness (QED) is 0.662. The number of carbonyl (C=O) groups excluding carboxylic acids is 2. The summed E-state index contributed by atoms with van der Waals surface area (Å²) in [5.41, 5.74) is 5.90. The standard InChI is InChI=1S/C15H14N2O3/c1-11-13(9-10-20-11)15(19)17-16-14(18)8-7-12-5-3-2-4-6-12/h2-10H,1H3,(H,16,18)(H,17,19)/b8-7+. The molecule has 0 fully saturated rings. The Bertz CT molecular complexity index is 630. The van der Waals surface area contributed by atoms with E-state index in [9.17, 15) is 9.59 Å². The third-order valence-electron chi connectivity index (χ3n) is 2.63. The zero-order valence-electron chi connectivity index (χ0n) is 10.9. The van der Waals surface area contributed by atoms with E-state index in [1.54, 1.807) is 13.0 Å². The van der Waals surface area contributed by atoms with Gasteiger partial charge in [0.1, 0.15) is 5.76 Å². The van der Waals surface area contributed by atoms with Gasteiger partial charge in [0.25, 0.3) is 11.8 Å². The molecule has 0 atom stereocenters. The highest BCUT2D eigenvalue weighted by molar-refractivity contribution is 5.98. The van der Waals surface area contributed by atoms with Crippen LogP contribution in [0.1, 0.15) is 21.7 Å². The number of aryl methyl sites for hydroxylation is 1. The summed E-state index contributed by atoms with van der Waals surface area (Å²) in [4.78, 5) is 23.2. The van der Waals surface area contributed by atoms with E-state index in [1.165, 1.54) is 18.4 Å². The summed E-state index contributed by atoms with van der Waals surface area (Å²) in [5.74, 6) is -0.336. The number of nitrogens with one attached hydrogen (secondary N) is 2. The van der Waals surface area contributed by atoms with E-state index >= 15 is 0 Å². The fourth-order valence-corrected chi connectivity index (χ4v) is 1.58. The average Bonchev–Trinajstić information content (AvgIpc) is 2.90. The molecule has 2 amide bonds. The molecule has 1 aromatic carbocycles.